The molecular weight excluding hydrogens is 270 g/mol. The molecule has 1 N–H and O–H groups in total. The Morgan fingerprint density at radius 1 is 1.33 bits per heavy atom. The van der Waals surface area contributed by atoms with E-state index in [0.29, 0.717) is 11.1 Å². The maximum absolute atomic E-state index is 12.4. The van der Waals surface area contributed by atoms with Crippen molar-refractivity contribution in [1.29, 1.82) is 0 Å². The number of likely N-dealkylation sites (tertiary alicyclic amines) is 1. The van der Waals surface area contributed by atoms with Gasteiger partial charge >= 0.3 is 6.03 Å². The predicted molar refractivity (Wildman–Crippen MR) is 78.2 cm³/mol. The summed E-state index contributed by atoms with van der Waals surface area (Å²) in [6.45, 7) is 5.18. The van der Waals surface area contributed by atoms with Crippen molar-refractivity contribution in [3.63, 3.8) is 0 Å². The van der Waals surface area contributed by atoms with E-state index in [1.165, 1.54) is 16.5 Å². The molecule has 0 atom stereocenters. The first-order valence-electron chi connectivity index (χ1n) is 7.30. The molecule has 7 heteroatoms. The zero-order valence-electron chi connectivity index (χ0n) is 12.5. The van der Waals surface area contributed by atoms with Gasteiger partial charge in [0, 0.05) is 32.5 Å². The van der Waals surface area contributed by atoms with Crippen LogP contribution in [0.3, 0.4) is 0 Å². The molecule has 1 aromatic rings. The van der Waals surface area contributed by atoms with Crippen LogP contribution in [-0.4, -0.2) is 59.8 Å². The largest absolute Gasteiger partial charge is 0.344 e. The van der Waals surface area contributed by atoms with E-state index in [9.17, 15) is 9.59 Å². The second-order valence-corrected chi connectivity index (χ2v) is 6.11. The number of aromatic nitrogens is 2. The summed E-state index contributed by atoms with van der Waals surface area (Å²) in [5, 5.41) is 7.43. The summed E-state index contributed by atoms with van der Waals surface area (Å²) >= 11 is 0. The lowest BCUT2D eigenvalue weighted by atomic mass is 9.72. The number of nitrogens with zero attached hydrogens (tertiary/aromatic N) is 4. The first kappa shape index (κ1) is 14.1. The molecule has 21 heavy (non-hydrogen) atoms. The van der Waals surface area contributed by atoms with Crippen molar-refractivity contribution in [2.45, 2.75) is 19.8 Å². The third-order valence-electron chi connectivity index (χ3n) is 4.61. The molecule has 2 aliphatic rings. The molecule has 0 aliphatic carbocycles. The van der Waals surface area contributed by atoms with Crippen LogP contribution in [-0.2, 0) is 4.79 Å². The van der Waals surface area contributed by atoms with Crippen molar-refractivity contribution < 1.29 is 9.59 Å². The average molecular weight is 291 g/mol. The topological polar surface area (TPSA) is 70.5 Å². The molecule has 2 saturated heterocycles. The Morgan fingerprint density at radius 3 is 2.62 bits per heavy atom. The minimum Gasteiger partial charge on any atom is -0.322 e. The molecule has 7 nitrogen and oxygen atoms in total. The van der Waals surface area contributed by atoms with E-state index in [2.05, 4.69) is 10.4 Å². The quantitative estimate of drug-likeness (QED) is 0.819. The molecule has 2 aliphatic heterocycles. The molecule has 3 heterocycles. The van der Waals surface area contributed by atoms with Crippen LogP contribution in [0.4, 0.5) is 10.5 Å². The van der Waals surface area contributed by atoms with Crippen LogP contribution >= 0.6 is 0 Å². The summed E-state index contributed by atoms with van der Waals surface area (Å²) in [6.07, 6.45) is 5.42. The van der Waals surface area contributed by atoms with Gasteiger partial charge in [-0.1, -0.05) is 0 Å². The van der Waals surface area contributed by atoms with Gasteiger partial charge in [-0.05, 0) is 25.9 Å². The van der Waals surface area contributed by atoms with Crippen LogP contribution in [0.15, 0.2) is 12.4 Å². The van der Waals surface area contributed by atoms with Crippen LogP contribution in [0, 0.1) is 5.41 Å². The minimum absolute atomic E-state index is 0.0837. The van der Waals surface area contributed by atoms with Gasteiger partial charge in [0.2, 0.25) is 5.91 Å². The highest BCUT2D eigenvalue weighted by Gasteiger charge is 2.45. The van der Waals surface area contributed by atoms with Crippen LogP contribution in [0.1, 0.15) is 19.8 Å². The summed E-state index contributed by atoms with van der Waals surface area (Å²) < 4.78 is 1.32. The fraction of sp³-hybridized carbons (Fsp3) is 0.643. The van der Waals surface area contributed by atoms with Crippen LogP contribution in [0.25, 0.3) is 0 Å². The highest BCUT2D eigenvalue weighted by molar-refractivity contribution is 5.91. The number of piperidine rings is 1. The van der Waals surface area contributed by atoms with Crippen molar-refractivity contribution in [3.8, 4) is 0 Å². The molecule has 1 aromatic heterocycles. The first-order valence-corrected chi connectivity index (χ1v) is 7.30. The maximum Gasteiger partial charge on any atom is 0.344 e. The Hall–Kier alpha value is -1.89. The van der Waals surface area contributed by atoms with Gasteiger partial charge in [0.1, 0.15) is 0 Å². The predicted octanol–water partition coefficient (Wildman–Crippen LogP) is 0.519. The Balaban J connectivity index is 1.63. The van der Waals surface area contributed by atoms with Crippen molar-refractivity contribution >= 4 is 17.6 Å². The molecule has 0 bridgehead atoms. The molecule has 0 aromatic carbocycles. The lowest BCUT2D eigenvalue weighted by Crippen LogP contribution is -2.62. The first-order chi connectivity index (χ1) is 10.0. The van der Waals surface area contributed by atoms with Crippen LogP contribution in [0.5, 0.6) is 0 Å². The van der Waals surface area contributed by atoms with Crippen LogP contribution in [0.2, 0.25) is 0 Å². The van der Waals surface area contributed by atoms with Gasteiger partial charge in [0.15, 0.2) is 0 Å². The summed E-state index contributed by atoms with van der Waals surface area (Å²) in [6, 6.07) is -0.109. The monoisotopic (exact) mass is 291 g/mol. The number of hydrogen-bond acceptors (Lipinski definition) is 4. The minimum atomic E-state index is -0.109. The van der Waals surface area contributed by atoms with E-state index in [4.69, 9.17) is 0 Å². The summed E-state index contributed by atoms with van der Waals surface area (Å²) in [4.78, 5) is 27.0. The normalized spacial score (nSPS) is 20.2. The number of rotatable bonds is 1. The van der Waals surface area contributed by atoms with E-state index < -0.39 is 0 Å². The summed E-state index contributed by atoms with van der Waals surface area (Å²) in [7, 11) is 1.67. The smallest absolute Gasteiger partial charge is 0.322 e. The molecule has 1 spiro atoms. The zero-order valence-corrected chi connectivity index (χ0v) is 12.5. The second kappa shape index (κ2) is 5.14. The Labute approximate surface area is 123 Å². The Morgan fingerprint density at radius 2 is 2.00 bits per heavy atom. The van der Waals surface area contributed by atoms with Gasteiger partial charge in [0.25, 0.3) is 0 Å². The van der Waals surface area contributed by atoms with Crippen molar-refractivity contribution in [3.05, 3.63) is 12.4 Å². The zero-order chi connectivity index (χ0) is 15.0. The molecule has 3 rings (SSSR count). The van der Waals surface area contributed by atoms with E-state index in [1.54, 1.807) is 19.4 Å². The van der Waals surface area contributed by atoms with E-state index in [0.717, 1.165) is 39.0 Å². The highest BCUT2D eigenvalue weighted by atomic mass is 16.2. The molecule has 2 amide bonds. The van der Waals surface area contributed by atoms with Gasteiger partial charge in [-0.15, -0.1) is 0 Å². The third-order valence-corrected chi connectivity index (χ3v) is 4.61. The number of amides is 2. The second-order valence-electron chi connectivity index (χ2n) is 6.11. The van der Waals surface area contributed by atoms with Gasteiger partial charge in [0.05, 0.1) is 18.1 Å². The highest BCUT2D eigenvalue weighted by Crippen LogP contribution is 2.38. The van der Waals surface area contributed by atoms with Gasteiger partial charge in [-0.2, -0.15) is 9.78 Å². The summed E-state index contributed by atoms with van der Waals surface area (Å²) in [5.41, 5.74) is 0.945. The number of nitrogens with one attached hydrogen (secondary N) is 1. The Kier molecular flexibility index (Phi) is 3.44. The number of hydrogen-bond donors (Lipinski definition) is 1. The lowest BCUT2D eigenvalue weighted by Gasteiger charge is -2.52. The number of carbonyl (C=O) groups is 2. The fourth-order valence-corrected chi connectivity index (χ4v) is 3.09. The standard InChI is InChI=1S/C14H21N5O2/c1-11(20)17(2)12-7-16-19(8-12)13(21)18-9-14(10-18)3-5-15-6-4-14/h7-8,15H,3-6,9-10H2,1-2H3. The Bertz CT molecular complexity index is 553. The van der Waals surface area contributed by atoms with E-state index in [1.807, 2.05) is 4.90 Å². The van der Waals surface area contributed by atoms with Gasteiger partial charge in [-0.25, -0.2) is 4.79 Å². The average Bonchev–Trinajstić information content (AvgIpc) is 2.93. The lowest BCUT2D eigenvalue weighted by molar-refractivity contribution is -0.116. The summed E-state index contributed by atoms with van der Waals surface area (Å²) in [5.74, 6) is -0.0837. The van der Waals surface area contributed by atoms with E-state index >= 15 is 0 Å². The van der Waals surface area contributed by atoms with Crippen LogP contribution < -0.4 is 10.2 Å². The molecular formula is C14H21N5O2. The maximum atomic E-state index is 12.4. The number of anilines is 1. The molecule has 0 radical (unpaired) electrons. The molecule has 114 valence electrons. The van der Waals surface area contributed by atoms with E-state index in [-0.39, 0.29) is 11.9 Å². The van der Waals surface area contributed by atoms with Gasteiger partial charge in [-0.3, -0.25) is 4.79 Å². The molecule has 0 saturated carbocycles. The fourth-order valence-electron chi connectivity index (χ4n) is 3.09. The van der Waals surface area contributed by atoms with Crippen molar-refractivity contribution in [1.82, 2.24) is 20.0 Å². The SMILES string of the molecule is CC(=O)N(C)c1cnn(C(=O)N2CC3(CCNCC3)C2)c1. The molecule has 0 unspecified atom stereocenters. The van der Waals surface area contributed by atoms with Crippen molar-refractivity contribution in [2.75, 3.05) is 38.1 Å². The number of carbonyl (C=O) groups excluding carboxylic acids is 2. The van der Waals surface area contributed by atoms with Gasteiger partial charge < -0.3 is 15.1 Å². The molecule has 2 fully saturated rings. The van der Waals surface area contributed by atoms with Crippen molar-refractivity contribution in [2.24, 2.45) is 5.41 Å². The third kappa shape index (κ3) is 2.53.